The normalized spacial score (nSPS) is 10.2. The summed E-state index contributed by atoms with van der Waals surface area (Å²) in [5, 5.41) is 16.6. The average Bonchev–Trinajstić information content (AvgIpc) is 2.74. The van der Waals surface area contributed by atoms with Gasteiger partial charge in [-0.25, -0.2) is 0 Å². The molecule has 1 aromatic heterocycles. The fourth-order valence-electron chi connectivity index (χ4n) is 1.41. The van der Waals surface area contributed by atoms with E-state index in [0.717, 1.165) is 0 Å². The summed E-state index contributed by atoms with van der Waals surface area (Å²) in [6, 6.07) is 5.25. The molecule has 19 heavy (non-hydrogen) atoms. The number of nitrogens with one attached hydrogen (secondary N) is 1. The zero-order chi connectivity index (χ0) is 14.0. The molecule has 0 saturated carbocycles. The second kappa shape index (κ2) is 5.07. The molecule has 0 unspecified atom stereocenters. The molecule has 1 N–H and O–H groups in total. The summed E-state index contributed by atoms with van der Waals surface area (Å²) in [6.45, 7) is 1.69. The van der Waals surface area contributed by atoms with Crippen LogP contribution in [0.3, 0.4) is 0 Å². The lowest BCUT2D eigenvalue weighted by Crippen LogP contribution is -2.12. The van der Waals surface area contributed by atoms with Gasteiger partial charge < -0.3 is 9.84 Å². The van der Waals surface area contributed by atoms with Gasteiger partial charge in [0, 0.05) is 17.7 Å². The first-order valence-electron chi connectivity index (χ1n) is 5.16. The van der Waals surface area contributed by atoms with Gasteiger partial charge in [0.1, 0.15) is 10.8 Å². The number of amides is 1. The molecule has 0 aliphatic heterocycles. The van der Waals surface area contributed by atoms with Crippen LogP contribution in [0.15, 0.2) is 28.8 Å². The second-order valence-corrected chi connectivity index (χ2v) is 4.11. The number of hydrogen-bond acceptors (Lipinski definition) is 5. The predicted molar refractivity (Wildman–Crippen MR) is 67.3 cm³/mol. The Morgan fingerprint density at radius 2 is 2.21 bits per heavy atom. The van der Waals surface area contributed by atoms with E-state index in [1.54, 1.807) is 13.0 Å². The number of nitro benzene ring substituents is 1. The molecule has 0 radical (unpaired) electrons. The SMILES string of the molecule is Cc1cc(NC(=O)c2ccc([N+](=O)[O-])c(Cl)c2)no1. The van der Waals surface area contributed by atoms with Crippen LogP contribution < -0.4 is 5.32 Å². The number of nitrogens with zero attached hydrogens (tertiary/aromatic N) is 2. The molecule has 1 amide bonds. The quantitative estimate of drug-likeness (QED) is 0.689. The second-order valence-electron chi connectivity index (χ2n) is 3.70. The lowest BCUT2D eigenvalue weighted by Gasteiger charge is -2.02. The summed E-state index contributed by atoms with van der Waals surface area (Å²) in [7, 11) is 0. The number of aryl methyl sites for hydroxylation is 1. The van der Waals surface area contributed by atoms with Crippen LogP contribution in [-0.4, -0.2) is 16.0 Å². The third-order valence-electron chi connectivity index (χ3n) is 2.28. The van der Waals surface area contributed by atoms with Crippen LogP contribution in [-0.2, 0) is 0 Å². The Morgan fingerprint density at radius 1 is 1.47 bits per heavy atom. The average molecular weight is 282 g/mol. The summed E-state index contributed by atoms with van der Waals surface area (Å²) >= 11 is 5.72. The molecule has 2 rings (SSSR count). The van der Waals surface area contributed by atoms with Gasteiger partial charge in [0.15, 0.2) is 5.82 Å². The molecule has 0 bridgehead atoms. The summed E-state index contributed by atoms with van der Waals surface area (Å²) in [4.78, 5) is 21.8. The Morgan fingerprint density at radius 3 is 2.74 bits per heavy atom. The van der Waals surface area contributed by atoms with Crippen molar-refractivity contribution in [2.45, 2.75) is 6.92 Å². The van der Waals surface area contributed by atoms with E-state index in [1.165, 1.54) is 18.2 Å². The molecule has 8 heteroatoms. The summed E-state index contributed by atoms with van der Waals surface area (Å²) < 4.78 is 4.80. The van der Waals surface area contributed by atoms with Crippen LogP contribution >= 0.6 is 11.6 Å². The number of rotatable bonds is 3. The fraction of sp³-hybridized carbons (Fsp3) is 0.0909. The first-order valence-corrected chi connectivity index (χ1v) is 5.54. The molecular weight excluding hydrogens is 274 g/mol. The highest BCUT2D eigenvalue weighted by atomic mass is 35.5. The Hall–Kier alpha value is -2.41. The van der Waals surface area contributed by atoms with Crippen LogP contribution in [0, 0.1) is 17.0 Å². The van der Waals surface area contributed by atoms with Crippen molar-refractivity contribution in [3.8, 4) is 0 Å². The number of benzene rings is 1. The van der Waals surface area contributed by atoms with Gasteiger partial charge in [-0.15, -0.1) is 0 Å². The maximum absolute atomic E-state index is 11.8. The van der Waals surface area contributed by atoms with Crippen molar-refractivity contribution in [2.75, 3.05) is 5.32 Å². The Balaban J connectivity index is 2.20. The van der Waals surface area contributed by atoms with E-state index < -0.39 is 10.8 Å². The van der Waals surface area contributed by atoms with E-state index in [2.05, 4.69) is 10.5 Å². The molecule has 7 nitrogen and oxygen atoms in total. The predicted octanol–water partition coefficient (Wildman–Crippen LogP) is 2.80. The minimum absolute atomic E-state index is 0.103. The van der Waals surface area contributed by atoms with Crippen molar-refractivity contribution < 1.29 is 14.2 Å². The fourth-order valence-corrected chi connectivity index (χ4v) is 1.66. The van der Waals surface area contributed by atoms with Gasteiger partial charge in [-0.2, -0.15) is 0 Å². The molecule has 1 heterocycles. The van der Waals surface area contributed by atoms with Crippen LogP contribution in [0.25, 0.3) is 0 Å². The number of halogens is 1. The molecule has 98 valence electrons. The highest BCUT2D eigenvalue weighted by Crippen LogP contribution is 2.25. The van der Waals surface area contributed by atoms with Crippen molar-refractivity contribution in [3.63, 3.8) is 0 Å². The molecule has 1 aromatic carbocycles. The third kappa shape index (κ3) is 2.89. The molecule has 0 aliphatic rings. The topological polar surface area (TPSA) is 98.3 Å². The van der Waals surface area contributed by atoms with Crippen LogP contribution in [0.5, 0.6) is 0 Å². The molecule has 0 saturated heterocycles. The first-order chi connectivity index (χ1) is 8.97. The van der Waals surface area contributed by atoms with Crippen molar-refractivity contribution in [2.24, 2.45) is 0 Å². The summed E-state index contributed by atoms with van der Waals surface area (Å²) in [5.74, 6) is 0.333. The smallest absolute Gasteiger partial charge is 0.287 e. The number of anilines is 1. The van der Waals surface area contributed by atoms with Gasteiger partial charge >= 0.3 is 0 Å². The number of carbonyl (C=O) groups excluding carboxylic acids is 1. The lowest BCUT2D eigenvalue weighted by molar-refractivity contribution is -0.384. The molecular formula is C11H8ClN3O4. The van der Waals surface area contributed by atoms with E-state index >= 15 is 0 Å². The monoisotopic (exact) mass is 281 g/mol. The van der Waals surface area contributed by atoms with Crippen molar-refractivity contribution >= 4 is 29.0 Å². The van der Waals surface area contributed by atoms with Crippen LogP contribution in [0.1, 0.15) is 16.1 Å². The Labute approximate surface area is 112 Å². The number of nitro groups is 1. The lowest BCUT2D eigenvalue weighted by atomic mass is 10.2. The third-order valence-corrected chi connectivity index (χ3v) is 2.58. The van der Waals surface area contributed by atoms with E-state index in [1.807, 2.05) is 0 Å². The maximum atomic E-state index is 11.8. The molecule has 0 spiro atoms. The highest BCUT2D eigenvalue weighted by molar-refractivity contribution is 6.33. The van der Waals surface area contributed by atoms with Crippen LogP contribution in [0.4, 0.5) is 11.5 Å². The number of hydrogen-bond donors (Lipinski definition) is 1. The van der Waals surface area contributed by atoms with Gasteiger partial charge in [0.2, 0.25) is 0 Å². The van der Waals surface area contributed by atoms with Crippen molar-refractivity contribution in [3.05, 3.63) is 50.7 Å². The van der Waals surface area contributed by atoms with E-state index in [4.69, 9.17) is 16.1 Å². The van der Waals surface area contributed by atoms with Crippen molar-refractivity contribution in [1.82, 2.24) is 5.16 Å². The van der Waals surface area contributed by atoms with E-state index in [0.29, 0.717) is 5.76 Å². The van der Waals surface area contributed by atoms with Crippen LogP contribution in [0.2, 0.25) is 5.02 Å². The van der Waals surface area contributed by atoms with Gasteiger partial charge in [0.05, 0.1) is 4.92 Å². The summed E-state index contributed by atoms with van der Waals surface area (Å²) in [6.07, 6.45) is 0. The maximum Gasteiger partial charge on any atom is 0.287 e. The van der Waals surface area contributed by atoms with Gasteiger partial charge in [-0.3, -0.25) is 14.9 Å². The summed E-state index contributed by atoms with van der Waals surface area (Å²) in [5.41, 5.74) is -0.0632. The molecule has 0 atom stereocenters. The number of aromatic nitrogens is 1. The van der Waals surface area contributed by atoms with E-state index in [9.17, 15) is 14.9 Å². The minimum Gasteiger partial charge on any atom is -0.360 e. The van der Waals surface area contributed by atoms with Crippen molar-refractivity contribution in [1.29, 1.82) is 0 Å². The van der Waals surface area contributed by atoms with Gasteiger partial charge in [0.25, 0.3) is 11.6 Å². The van der Waals surface area contributed by atoms with E-state index in [-0.39, 0.29) is 22.1 Å². The van der Waals surface area contributed by atoms with Gasteiger partial charge in [-0.1, -0.05) is 16.8 Å². The Bertz CT molecular complexity index is 653. The van der Waals surface area contributed by atoms with Gasteiger partial charge in [-0.05, 0) is 19.1 Å². The molecule has 2 aromatic rings. The Kier molecular flexibility index (Phi) is 3.48. The zero-order valence-electron chi connectivity index (χ0n) is 9.71. The minimum atomic E-state index is -0.620. The first kappa shape index (κ1) is 13.0. The highest BCUT2D eigenvalue weighted by Gasteiger charge is 2.16. The largest absolute Gasteiger partial charge is 0.360 e. The molecule has 0 aliphatic carbocycles. The molecule has 0 fully saturated rings. The standard InChI is InChI=1S/C11H8ClN3O4/c1-6-4-10(14-19-6)13-11(16)7-2-3-9(15(17)18)8(12)5-7/h2-5H,1H3,(H,13,14,16). The zero-order valence-corrected chi connectivity index (χ0v) is 10.5. The number of carbonyl (C=O) groups is 1.